The molecule has 1 aliphatic rings. The third-order valence-electron chi connectivity index (χ3n) is 4.33. The van der Waals surface area contributed by atoms with Crippen molar-refractivity contribution >= 4 is 18.3 Å². The predicted octanol–water partition coefficient (Wildman–Crippen LogP) is 3.18. The van der Waals surface area contributed by atoms with Crippen LogP contribution in [0.25, 0.3) is 0 Å². The van der Waals surface area contributed by atoms with Gasteiger partial charge in [0, 0.05) is 18.7 Å². The Morgan fingerprint density at radius 3 is 2.56 bits per heavy atom. The van der Waals surface area contributed by atoms with Gasteiger partial charge in [-0.2, -0.15) is 8.78 Å². The maximum atomic E-state index is 12.6. The van der Waals surface area contributed by atoms with Gasteiger partial charge < -0.3 is 19.7 Å². The lowest BCUT2D eigenvalue weighted by atomic mass is 9.93. The van der Waals surface area contributed by atoms with Crippen molar-refractivity contribution in [1.82, 2.24) is 10.2 Å². The van der Waals surface area contributed by atoms with Crippen molar-refractivity contribution in [3.05, 3.63) is 23.8 Å². The molecule has 1 amide bonds. The molecule has 1 aliphatic heterocycles. The molecule has 25 heavy (non-hydrogen) atoms. The van der Waals surface area contributed by atoms with Crippen molar-refractivity contribution in [2.24, 2.45) is 5.92 Å². The minimum absolute atomic E-state index is 0. The van der Waals surface area contributed by atoms with E-state index in [0.717, 1.165) is 25.8 Å². The van der Waals surface area contributed by atoms with Gasteiger partial charge in [0.1, 0.15) is 0 Å². The van der Waals surface area contributed by atoms with E-state index >= 15 is 0 Å². The van der Waals surface area contributed by atoms with Crippen molar-refractivity contribution < 1.29 is 23.0 Å². The third-order valence-corrected chi connectivity index (χ3v) is 4.33. The molecule has 0 radical (unpaired) electrons. The van der Waals surface area contributed by atoms with Crippen LogP contribution in [0.4, 0.5) is 8.78 Å². The van der Waals surface area contributed by atoms with E-state index in [4.69, 9.17) is 4.74 Å². The predicted molar refractivity (Wildman–Crippen MR) is 94.0 cm³/mol. The van der Waals surface area contributed by atoms with Crippen LogP contribution < -0.4 is 14.8 Å². The van der Waals surface area contributed by atoms with Crippen LogP contribution in [-0.4, -0.2) is 51.2 Å². The number of nitrogens with zero attached hydrogens (tertiary/aromatic N) is 1. The van der Waals surface area contributed by atoms with E-state index in [-0.39, 0.29) is 29.8 Å². The molecule has 0 atom stereocenters. The topological polar surface area (TPSA) is 50.8 Å². The molecule has 1 fully saturated rings. The van der Waals surface area contributed by atoms with Crippen LogP contribution in [0.2, 0.25) is 0 Å². The summed E-state index contributed by atoms with van der Waals surface area (Å²) in [4.78, 5) is 14.4. The summed E-state index contributed by atoms with van der Waals surface area (Å²) in [6.07, 6.45) is 3.08. The molecule has 142 valence electrons. The van der Waals surface area contributed by atoms with Gasteiger partial charge >= 0.3 is 6.61 Å². The maximum Gasteiger partial charge on any atom is 0.387 e. The SMILES string of the molecule is CNCCC1CCN(C(=O)c2ccc(OC(F)F)c(OC)c2)CC1.Cl. The molecule has 1 aromatic carbocycles. The molecular formula is C17H25ClF2N2O3. The van der Waals surface area contributed by atoms with Crippen molar-refractivity contribution in [3.8, 4) is 11.5 Å². The quantitative estimate of drug-likeness (QED) is 0.791. The number of methoxy groups -OCH3 is 1. The molecule has 0 aliphatic carbocycles. The summed E-state index contributed by atoms with van der Waals surface area (Å²) in [7, 11) is 3.29. The van der Waals surface area contributed by atoms with Crippen molar-refractivity contribution in [2.45, 2.75) is 25.9 Å². The van der Waals surface area contributed by atoms with Gasteiger partial charge in [0.15, 0.2) is 11.5 Å². The lowest BCUT2D eigenvalue weighted by Gasteiger charge is -2.32. The first-order chi connectivity index (χ1) is 11.5. The number of hydrogen-bond acceptors (Lipinski definition) is 4. The second kappa shape index (κ2) is 10.4. The Balaban J connectivity index is 0.00000312. The highest BCUT2D eigenvalue weighted by molar-refractivity contribution is 5.95. The van der Waals surface area contributed by atoms with Crippen LogP contribution in [0.1, 0.15) is 29.6 Å². The van der Waals surface area contributed by atoms with E-state index in [1.54, 1.807) is 4.90 Å². The number of benzene rings is 1. The molecule has 8 heteroatoms. The molecule has 0 saturated carbocycles. The normalized spacial score (nSPS) is 15.0. The molecule has 0 spiro atoms. The first-order valence-corrected chi connectivity index (χ1v) is 8.12. The fraction of sp³-hybridized carbons (Fsp3) is 0.588. The fourth-order valence-corrected chi connectivity index (χ4v) is 2.95. The highest BCUT2D eigenvalue weighted by atomic mass is 35.5. The van der Waals surface area contributed by atoms with E-state index in [9.17, 15) is 13.6 Å². The summed E-state index contributed by atoms with van der Waals surface area (Å²) >= 11 is 0. The van der Waals surface area contributed by atoms with E-state index in [2.05, 4.69) is 10.1 Å². The number of ether oxygens (including phenoxy) is 2. The maximum absolute atomic E-state index is 12.6. The summed E-state index contributed by atoms with van der Waals surface area (Å²) in [5, 5.41) is 3.15. The number of amides is 1. The number of alkyl halides is 2. The van der Waals surface area contributed by atoms with Crippen molar-refractivity contribution in [3.63, 3.8) is 0 Å². The van der Waals surface area contributed by atoms with Crippen LogP contribution >= 0.6 is 12.4 Å². The lowest BCUT2D eigenvalue weighted by Crippen LogP contribution is -2.39. The standard InChI is InChI=1S/C17H24F2N2O3.ClH/c1-20-8-5-12-6-9-21(10-7-12)16(22)13-3-4-14(24-17(18)19)15(11-13)23-2;/h3-4,11-12,17,20H,5-10H2,1-2H3;1H. The number of carbonyl (C=O) groups is 1. The zero-order valence-electron chi connectivity index (χ0n) is 14.5. The van der Waals surface area contributed by atoms with Gasteiger partial charge in [0.05, 0.1) is 7.11 Å². The van der Waals surface area contributed by atoms with Crippen LogP contribution in [-0.2, 0) is 0 Å². The highest BCUT2D eigenvalue weighted by Gasteiger charge is 2.24. The molecule has 0 unspecified atom stereocenters. The average Bonchev–Trinajstić information content (AvgIpc) is 2.59. The Kier molecular flexibility index (Phi) is 8.92. The molecular weight excluding hydrogens is 354 g/mol. The largest absolute Gasteiger partial charge is 0.493 e. The number of likely N-dealkylation sites (tertiary alicyclic amines) is 1. The summed E-state index contributed by atoms with van der Waals surface area (Å²) in [6.45, 7) is -0.520. The van der Waals surface area contributed by atoms with E-state index in [0.29, 0.717) is 24.6 Å². The summed E-state index contributed by atoms with van der Waals surface area (Å²) in [5.74, 6) is 0.585. The van der Waals surface area contributed by atoms with Gasteiger partial charge in [0.25, 0.3) is 5.91 Å². The van der Waals surface area contributed by atoms with E-state index < -0.39 is 6.61 Å². The number of hydrogen-bond donors (Lipinski definition) is 1. The Bertz CT molecular complexity index is 553. The molecule has 1 saturated heterocycles. The molecule has 1 aromatic rings. The van der Waals surface area contributed by atoms with Gasteiger partial charge in [-0.25, -0.2) is 0 Å². The van der Waals surface area contributed by atoms with Crippen LogP contribution in [0, 0.1) is 5.92 Å². The van der Waals surface area contributed by atoms with Gasteiger partial charge in [-0.1, -0.05) is 0 Å². The average molecular weight is 379 g/mol. The molecule has 5 nitrogen and oxygen atoms in total. The minimum Gasteiger partial charge on any atom is -0.493 e. The lowest BCUT2D eigenvalue weighted by molar-refractivity contribution is -0.0512. The molecule has 1 N–H and O–H groups in total. The number of rotatable bonds is 7. The van der Waals surface area contributed by atoms with Crippen molar-refractivity contribution in [2.75, 3.05) is 33.8 Å². The van der Waals surface area contributed by atoms with Gasteiger partial charge in [-0.3, -0.25) is 4.79 Å². The monoisotopic (exact) mass is 378 g/mol. The molecule has 0 bridgehead atoms. The number of carbonyl (C=O) groups excluding carboxylic acids is 1. The second-order valence-electron chi connectivity index (χ2n) is 5.87. The first kappa shape index (κ1) is 21.4. The zero-order valence-corrected chi connectivity index (χ0v) is 15.3. The van der Waals surface area contributed by atoms with E-state index in [1.165, 1.54) is 25.3 Å². The second-order valence-corrected chi connectivity index (χ2v) is 5.87. The van der Waals surface area contributed by atoms with Crippen molar-refractivity contribution in [1.29, 1.82) is 0 Å². The number of piperidine rings is 1. The zero-order chi connectivity index (χ0) is 17.5. The van der Waals surface area contributed by atoms with E-state index in [1.807, 2.05) is 7.05 Å². The molecule has 1 heterocycles. The Morgan fingerprint density at radius 1 is 1.32 bits per heavy atom. The number of halogens is 3. The molecule has 2 rings (SSSR count). The van der Waals surface area contributed by atoms with Gasteiger partial charge in [-0.05, 0) is 57.0 Å². The Hall–Kier alpha value is -1.60. The first-order valence-electron chi connectivity index (χ1n) is 8.12. The van der Waals surface area contributed by atoms with Gasteiger partial charge in [-0.15, -0.1) is 12.4 Å². The van der Waals surface area contributed by atoms with Crippen LogP contribution in [0.15, 0.2) is 18.2 Å². The highest BCUT2D eigenvalue weighted by Crippen LogP contribution is 2.30. The Labute approximate surface area is 153 Å². The minimum atomic E-state index is -2.93. The van der Waals surface area contributed by atoms with Gasteiger partial charge in [0.2, 0.25) is 0 Å². The third kappa shape index (κ3) is 6.01. The van der Waals surface area contributed by atoms with Crippen LogP contribution in [0.3, 0.4) is 0 Å². The number of nitrogens with one attached hydrogen (secondary N) is 1. The van der Waals surface area contributed by atoms with Crippen LogP contribution in [0.5, 0.6) is 11.5 Å². The fourth-order valence-electron chi connectivity index (χ4n) is 2.95. The summed E-state index contributed by atoms with van der Waals surface area (Å²) in [6, 6.07) is 4.29. The smallest absolute Gasteiger partial charge is 0.387 e. The summed E-state index contributed by atoms with van der Waals surface area (Å²) in [5.41, 5.74) is 0.419. The molecule has 0 aromatic heterocycles. The summed E-state index contributed by atoms with van der Waals surface area (Å²) < 4.78 is 34.1. The Morgan fingerprint density at radius 2 is 2.00 bits per heavy atom.